The SMILES string of the molecule is CN(Cc1ccc(C(F)F)cc1)C1CCC(N)CC1. The van der Waals surface area contributed by atoms with E-state index in [1.54, 1.807) is 12.1 Å². The minimum Gasteiger partial charge on any atom is -0.328 e. The van der Waals surface area contributed by atoms with Gasteiger partial charge in [0.2, 0.25) is 0 Å². The molecule has 2 N–H and O–H groups in total. The Hall–Kier alpha value is -1.00. The van der Waals surface area contributed by atoms with Gasteiger partial charge in [-0.15, -0.1) is 0 Å². The summed E-state index contributed by atoms with van der Waals surface area (Å²) in [6, 6.07) is 7.55. The van der Waals surface area contributed by atoms with E-state index >= 15 is 0 Å². The number of rotatable bonds is 4. The van der Waals surface area contributed by atoms with Crippen LogP contribution < -0.4 is 5.73 Å². The highest BCUT2D eigenvalue weighted by Crippen LogP contribution is 2.23. The fraction of sp³-hybridized carbons (Fsp3) is 0.600. The summed E-state index contributed by atoms with van der Waals surface area (Å²) in [4.78, 5) is 2.31. The van der Waals surface area contributed by atoms with Gasteiger partial charge in [0.1, 0.15) is 0 Å². The molecule has 0 atom stereocenters. The van der Waals surface area contributed by atoms with Gasteiger partial charge < -0.3 is 5.73 Å². The number of alkyl halides is 2. The fourth-order valence-corrected chi connectivity index (χ4v) is 2.73. The van der Waals surface area contributed by atoms with E-state index in [-0.39, 0.29) is 5.56 Å². The molecule has 2 nitrogen and oxygen atoms in total. The molecule has 0 radical (unpaired) electrons. The van der Waals surface area contributed by atoms with Crippen LogP contribution in [-0.4, -0.2) is 24.0 Å². The van der Waals surface area contributed by atoms with E-state index in [4.69, 9.17) is 5.73 Å². The molecule has 19 heavy (non-hydrogen) atoms. The number of nitrogens with two attached hydrogens (primary N) is 1. The molecule has 106 valence electrons. The first kappa shape index (κ1) is 14.4. The lowest BCUT2D eigenvalue weighted by atomic mass is 9.91. The molecule has 0 spiro atoms. The van der Waals surface area contributed by atoms with Gasteiger partial charge in [-0.2, -0.15) is 0 Å². The molecule has 0 bridgehead atoms. The first-order chi connectivity index (χ1) is 9.06. The van der Waals surface area contributed by atoms with E-state index in [1.807, 2.05) is 0 Å². The lowest BCUT2D eigenvalue weighted by molar-refractivity contribution is 0.151. The lowest BCUT2D eigenvalue weighted by Crippen LogP contribution is -2.38. The molecule has 1 saturated carbocycles. The van der Waals surface area contributed by atoms with Gasteiger partial charge in [-0.25, -0.2) is 8.78 Å². The molecular weight excluding hydrogens is 246 g/mol. The monoisotopic (exact) mass is 268 g/mol. The average Bonchev–Trinajstić information content (AvgIpc) is 2.40. The molecule has 0 heterocycles. The molecule has 0 amide bonds. The third kappa shape index (κ3) is 3.98. The first-order valence-electron chi connectivity index (χ1n) is 6.89. The number of benzene rings is 1. The van der Waals surface area contributed by atoms with Crippen LogP contribution in [0.4, 0.5) is 8.78 Å². The molecule has 0 saturated heterocycles. The number of hydrogen-bond acceptors (Lipinski definition) is 2. The van der Waals surface area contributed by atoms with Crippen molar-refractivity contribution in [3.8, 4) is 0 Å². The fourth-order valence-electron chi connectivity index (χ4n) is 2.73. The molecule has 1 fully saturated rings. The van der Waals surface area contributed by atoms with Crippen LogP contribution >= 0.6 is 0 Å². The van der Waals surface area contributed by atoms with Crippen molar-refractivity contribution in [3.63, 3.8) is 0 Å². The molecule has 0 unspecified atom stereocenters. The Kier molecular flexibility index (Phi) is 4.88. The standard InChI is InChI=1S/C15H22F2N2/c1-19(14-8-6-13(18)7-9-14)10-11-2-4-12(5-3-11)15(16)17/h2-5,13-15H,6-10,18H2,1H3. The highest BCUT2D eigenvalue weighted by atomic mass is 19.3. The van der Waals surface area contributed by atoms with Gasteiger partial charge in [-0.3, -0.25) is 4.90 Å². The molecule has 1 aromatic carbocycles. The van der Waals surface area contributed by atoms with Gasteiger partial charge >= 0.3 is 0 Å². The molecule has 2 rings (SSSR count). The maximum atomic E-state index is 12.5. The molecule has 0 aliphatic heterocycles. The van der Waals surface area contributed by atoms with E-state index in [2.05, 4.69) is 11.9 Å². The Labute approximate surface area is 113 Å². The lowest BCUT2D eigenvalue weighted by Gasteiger charge is -2.33. The predicted molar refractivity (Wildman–Crippen MR) is 73.1 cm³/mol. The number of halogens is 2. The summed E-state index contributed by atoms with van der Waals surface area (Å²) in [5.41, 5.74) is 7.08. The zero-order valence-corrected chi connectivity index (χ0v) is 11.4. The van der Waals surface area contributed by atoms with Crippen LogP contribution in [0.5, 0.6) is 0 Å². The number of nitrogens with zero attached hydrogens (tertiary/aromatic N) is 1. The first-order valence-corrected chi connectivity index (χ1v) is 6.89. The van der Waals surface area contributed by atoms with E-state index in [1.165, 1.54) is 12.1 Å². The quantitative estimate of drug-likeness (QED) is 0.907. The summed E-state index contributed by atoms with van der Waals surface area (Å²) >= 11 is 0. The van der Waals surface area contributed by atoms with Crippen LogP contribution in [-0.2, 0) is 6.54 Å². The Morgan fingerprint density at radius 1 is 1.16 bits per heavy atom. The molecule has 1 aliphatic carbocycles. The van der Waals surface area contributed by atoms with Gasteiger partial charge in [0.05, 0.1) is 0 Å². The van der Waals surface area contributed by atoms with Crippen molar-refractivity contribution in [2.24, 2.45) is 5.73 Å². The second kappa shape index (κ2) is 6.44. The van der Waals surface area contributed by atoms with Gasteiger partial charge in [0, 0.05) is 24.2 Å². The molecule has 0 aromatic heterocycles. The second-order valence-corrected chi connectivity index (χ2v) is 5.53. The summed E-state index contributed by atoms with van der Waals surface area (Å²) < 4.78 is 24.9. The predicted octanol–water partition coefficient (Wildman–Crippen LogP) is 3.33. The van der Waals surface area contributed by atoms with Crippen molar-refractivity contribution in [2.75, 3.05) is 7.05 Å². The van der Waals surface area contributed by atoms with E-state index in [0.29, 0.717) is 12.1 Å². The van der Waals surface area contributed by atoms with Gasteiger partial charge in [-0.1, -0.05) is 24.3 Å². The van der Waals surface area contributed by atoms with Crippen molar-refractivity contribution >= 4 is 0 Å². The van der Waals surface area contributed by atoms with Crippen LogP contribution in [0.3, 0.4) is 0 Å². The van der Waals surface area contributed by atoms with Gasteiger partial charge in [0.25, 0.3) is 6.43 Å². The maximum absolute atomic E-state index is 12.5. The van der Waals surface area contributed by atoms with Gasteiger partial charge in [0.15, 0.2) is 0 Å². The van der Waals surface area contributed by atoms with Crippen LogP contribution in [0.15, 0.2) is 24.3 Å². The van der Waals surface area contributed by atoms with Crippen molar-refractivity contribution in [1.82, 2.24) is 4.90 Å². The molecule has 1 aliphatic rings. The maximum Gasteiger partial charge on any atom is 0.263 e. The minimum absolute atomic E-state index is 0.0926. The third-order valence-electron chi connectivity index (χ3n) is 4.03. The topological polar surface area (TPSA) is 29.3 Å². The van der Waals surface area contributed by atoms with E-state index < -0.39 is 6.43 Å². The van der Waals surface area contributed by atoms with E-state index in [0.717, 1.165) is 37.8 Å². The van der Waals surface area contributed by atoms with Crippen LogP contribution in [0.1, 0.15) is 43.2 Å². The van der Waals surface area contributed by atoms with Crippen molar-refractivity contribution in [3.05, 3.63) is 35.4 Å². The van der Waals surface area contributed by atoms with Crippen LogP contribution in [0, 0.1) is 0 Å². The smallest absolute Gasteiger partial charge is 0.263 e. The Morgan fingerprint density at radius 3 is 2.26 bits per heavy atom. The van der Waals surface area contributed by atoms with Crippen LogP contribution in [0.25, 0.3) is 0 Å². The Morgan fingerprint density at radius 2 is 1.74 bits per heavy atom. The second-order valence-electron chi connectivity index (χ2n) is 5.53. The van der Waals surface area contributed by atoms with Crippen molar-refractivity contribution < 1.29 is 8.78 Å². The molecular formula is C15H22F2N2. The van der Waals surface area contributed by atoms with Gasteiger partial charge in [-0.05, 0) is 38.3 Å². The highest BCUT2D eigenvalue weighted by molar-refractivity contribution is 5.23. The Bertz CT molecular complexity index is 384. The summed E-state index contributed by atoms with van der Waals surface area (Å²) in [6.45, 7) is 0.809. The van der Waals surface area contributed by atoms with Crippen molar-refractivity contribution in [1.29, 1.82) is 0 Å². The van der Waals surface area contributed by atoms with Crippen LogP contribution in [0.2, 0.25) is 0 Å². The largest absolute Gasteiger partial charge is 0.328 e. The number of hydrogen-bond donors (Lipinski definition) is 1. The third-order valence-corrected chi connectivity index (χ3v) is 4.03. The Balaban J connectivity index is 1.89. The normalized spacial score (nSPS) is 24.1. The average molecular weight is 268 g/mol. The van der Waals surface area contributed by atoms with Crippen molar-refractivity contribution in [2.45, 2.75) is 50.7 Å². The summed E-state index contributed by atoms with van der Waals surface area (Å²) in [7, 11) is 2.10. The minimum atomic E-state index is -2.38. The highest BCUT2D eigenvalue weighted by Gasteiger charge is 2.21. The zero-order valence-electron chi connectivity index (χ0n) is 11.4. The summed E-state index contributed by atoms with van der Waals surface area (Å²) in [6.07, 6.45) is 2.05. The van der Waals surface area contributed by atoms with E-state index in [9.17, 15) is 8.78 Å². The zero-order chi connectivity index (χ0) is 13.8. The molecule has 1 aromatic rings. The summed E-state index contributed by atoms with van der Waals surface area (Å²) in [5.74, 6) is 0. The summed E-state index contributed by atoms with van der Waals surface area (Å²) in [5, 5.41) is 0. The molecule has 4 heteroatoms.